The Hall–Kier alpha value is -3.47. The van der Waals surface area contributed by atoms with Gasteiger partial charge in [-0.25, -0.2) is 4.98 Å². The van der Waals surface area contributed by atoms with E-state index in [1.54, 1.807) is 12.1 Å². The van der Waals surface area contributed by atoms with E-state index < -0.39 is 17.5 Å². The van der Waals surface area contributed by atoms with Crippen LogP contribution in [-0.4, -0.2) is 65.3 Å². The predicted molar refractivity (Wildman–Crippen MR) is 119 cm³/mol. The molecular weight excluding hydrogens is 463 g/mol. The van der Waals surface area contributed by atoms with E-state index in [-0.39, 0.29) is 11.7 Å². The normalized spacial score (nSPS) is 18.5. The molecule has 8 nitrogen and oxygen atoms in total. The number of benzene rings is 1. The van der Waals surface area contributed by atoms with Crippen molar-refractivity contribution >= 4 is 11.7 Å². The summed E-state index contributed by atoms with van der Waals surface area (Å²) in [5, 5.41) is 3.39. The number of halogens is 3. The van der Waals surface area contributed by atoms with Crippen molar-refractivity contribution in [1.29, 1.82) is 0 Å². The van der Waals surface area contributed by atoms with Crippen LogP contribution in [0.15, 0.2) is 53.2 Å². The molecule has 2 aliphatic rings. The zero-order chi connectivity index (χ0) is 24.5. The molecule has 1 amide bonds. The van der Waals surface area contributed by atoms with Gasteiger partial charge in [-0.15, -0.1) is 0 Å². The van der Waals surface area contributed by atoms with Crippen LogP contribution in [0.2, 0.25) is 0 Å². The van der Waals surface area contributed by atoms with Crippen LogP contribution in [0, 0.1) is 0 Å². The first-order valence-electron chi connectivity index (χ1n) is 11.4. The third-order valence-electron chi connectivity index (χ3n) is 6.65. The van der Waals surface area contributed by atoms with Crippen LogP contribution >= 0.6 is 0 Å². The maximum atomic E-state index is 13.7. The first-order valence-corrected chi connectivity index (χ1v) is 11.4. The number of carbonyl (C=O) groups is 1. The molecule has 4 heterocycles. The van der Waals surface area contributed by atoms with E-state index in [0.717, 1.165) is 5.56 Å². The monoisotopic (exact) mass is 487 g/mol. The molecule has 184 valence electrons. The quantitative estimate of drug-likeness (QED) is 0.557. The Morgan fingerprint density at radius 1 is 0.971 bits per heavy atom. The highest BCUT2D eigenvalue weighted by molar-refractivity contribution is 5.88. The molecule has 2 fully saturated rings. The lowest BCUT2D eigenvalue weighted by molar-refractivity contribution is -0.159. The maximum absolute atomic E-state index is 13.7. The van der Waals surface area contributed by atoms with Crippen LogP contribution in [-0.2, 0) is 21.1 Å². The van der Waals surface area contributed by atoms with Crippen molar-refractivity contribution in [2.45, 2.75) is 24.4 Å². The number of ether oxygens (including phenoxy) is 1. The molecule has 0 unspecified atom stereocenters. The Morgan fingerprint density at radius 2 is 1.69 bits per heavy atom. The number of pyridine rings is 1. The third kappa shape index (κ3) is 4.60. The summed E-state index contributed by atoms with van der Waals surface area (Å²) in [6.07, 6.45) is -1.96. The van der Waals surface area contributed by atoms with Crippen molar-refractivity contribution in [2.24, 2.45) is 0 Å². The Morgan fingerprint density at radius 3 is 2.29 bits per heavy atom. The average Bonchev–Trinajstić information content (AvgIpc) is 3.41. The molecule has 0 N–H and O–H groups in total. The van der Waals surface area contributed by atoms with E-state index in [4.69, 9.17) is 4.74 Å². The molecule has 2 aliphatic heterocycles. The number of aromatic nitrogens is 3. The molecule has 2 saturated heterocycles. The molecule has 5 rings (SSSR count). The average molecular weight is 487 g/mol. The standard InChI is InChI=1S/C24H24F3N5O3/c25-24(26,27)21-29-20(30-35-21)17-6-7-19(28-16-17)31-10-12-32(13-11-31)22(33)23(8-14-34-15-9-23)18-4-2-1-3-5-18/h1-7,16H,8-15H2. The molecule has 35 heavy (non-hydrogen) atoms. The predicted octanol–water partition coefficient (Wildman–Crippen LogP) is 3.55. The maximum Gasteiger partial charge on any atom is 0.471 e. The number of carbonyl (C=O) groups excluding carboxylic acids is 1. The van der Waals surface area contributed by atoms with Gasteiger partial charge >= 0.3 is 12.1 Å². The highest BCUT2D eigenvalue weighted by Gasteiger charge is 2.44. The molecule has 3 aromatic rings. The molecule has 11 heteroatoms. The molecule has 0 saturated carbocycles. The molecule has 0 aliphatic carbocycles. The Balaban J connectivity index is 1.25. The molecule has 0 radical (unpaired) electrons. The first-order chi connectivity index (χ1) is 16.9. The Bertz CT molecular complexity index is 1150. The number of amides is 1. The molecule has 2 aromatic heterocycles. The lowest BCUT2D eigenvalue weighted by Crippen LogP contribution is -2.56. The van der Waals surface area contributed by atoms with Crippen molar-refractivity contribution in [3.63, 3.8) is 0 Å². The van der Waals surface area contributed by atoms with Gasteiger partial charge in [0, 0.05) is 51.2 Å². The third-order valence-corrected chi connectivity index (χ3v) is 6.65. The smallest absolute Gasteiger partial charge is 0.381 e. The van der Waals surface area contributed by atoms with E-state index in [9.17, 15) is 18.0 Å². The van der Waals surface area contributed by atoms with Crippen molar-refractivity contribution in [1.82, 2.24) is 20.0 Å². The van der Waals surface area contributed by atoms with Crippen molar-refractivity contribution < 1.29 is 27.2 Å². The zero-order valence-corrected chi connectivity index (χ0v) is 18.9. The Labute approximate surface area is 199 Å². The van der Waals surface area contributed by atoms with Crippen LogP contribution in [0.5, 0.6) is 0 Å². The highest BCUT2D eigenvalue weighted by atomic mass is 19.4. The van der Waals surface area contributed by atoms with Gasteiger partial charge in [-0.1, -0.05) is 35.5 Å². The minimum atomic E-state index is -4.69. The summed E-state index contributed by atoms with van der Waals surface area (Å²) in [5.74, 6) is -0.763. The summed E-state index contributed by atoms with van der Waals surface area (Å²) in [6, 6.07) is 13.2. The number of nitrogens with zero attached hydrogens (tertiary/aromatic N) is 5. The van der Waals surface area contributed by atoms with E-state index >= 15 is 0 Å². The lowest BCUT2D eigenvalue weighted by Gasteiger charge is -2.43. The van der Waals surface area contributed by atoms with Gasteiger partial charge in [0.25, 0.3) is 0 Å². The van der Waals surface area contributed by atoms with E-state index in [1.807, 2.05) is 40.1 Å². The van der Waals surface area contributed by atoms with Crippen molar-refractivity contribution in [2.75, 3.05) is 44.3 Å². The molecule has 0 bridgehead atoms. The molecule has 0 spiro atoms. The fourth-order valence-electron chi connectivity index (χ4n) is 4.71. The molecular formula is C24H24F3N5O3. The van der Waals surface area contributed by atoms with Crippen molar-refractivity contribution in [3.05, 3.63) is 60.1 Å². The van der Waals surface area contributed by atoms with Crippen LogP contribution in [0.25, 0.3) is 11.4 Å². The number of hydrogen-bond donors (Lipinski definition) is 0. The van der Waals surface area contributed by atoms with Gasteiger partial charge in [-0.3, -0.25) is 4.79 Å². The second-order valence-electron chi connectivity index (χ2n) is 8.67. The fourth-order valence-corrected chi connectivity index (χ4v) is 4.71. The summed E-state index contributed by atoms with van der Waals surface area (Å²) >= 11 is 0. The second kappa shape index (κ2) is 9.29. The van der Waals surface area contributed by atoms with Gasteiger partial charge in [0.05, 0.1) is 5.41 Å². The first kappa shape index (κ1) is 23.3. The fraction of sp³-hybridized carbons (Fsp3) is 0.417. The number of hydrogen-bond acceptors (Lipinski definition) is 7. The van der Waals surface area contributed by atoms with Gasteiger partial charge in [-0.2, -0.15) is 18.2 Å². The van der Waals surface area contributed by atoms with E-state index in [1.165, 1.54) is 6.20 Å². The SMILES string of the molecule is O=C(N1CCN(c2ccc(-c3noc(C(F)(F)F)n3)cn2)CC1)C1(c2ccccc2)CCOCC1. The van der Waals surface area contributed by atoms with Crippen molar-refractivity contribution in [3.8, 4) is 11.4 Å². The summed E-state index contributed by atoms with van der Waals surface area (Å²) in [7, 11) is 0. The summed E-state index contributed by atoms with van der Waals surface area (Å²) < 4.78 is 47.9. The van der Waals surface area contributed by atoms with Gasteiger partial charge in [0.2, 0.25) is 11.7 Å². The van der Waals surface area contributed by atoms with Crippen LogP contribution in [0.3, 0.4) is 0 Å². The van der Waals surface area contributed by atoms with Crippen LogP contribution < -0.4 is 4.90 Å². The summed E-state index contributed by atoms with van der Waals surface area (Å²) in [5.41, 5.74) is 0.788. The topological polar surface area (TPSA) is 84.6 Å². The minimum absolute atomic E-state index is 0.132. The number of piperazine rings is 1. The van der Waals surface area contributed by atoms with Gasteiger partial charge in [-0.05, 0) is 30.5 Å². The largest absolute Gasteiger partial charge is 0.471 e. The van der Waals surface area contributed by atoms with E-state index in [0.29, 0.717) is 63.6 Å². The number of anilines is 1. The lowest BCUT2D eigenvalue weighted by atomic mass is 9.73. The number of rotatable bonds is 4. The minimum Gasteiger partial charge on any atom is -0.381 e. The number of alkyl halides is 3. The molecule has 1 aromatic carbocycles. The van der Waals surface area contributed by atoms with E-state index in [2.05, 4.69) is 19.6 Å². The van der Waals surface area contributed by atoms with Gasteiger partial charge in [0.1, 0.15) is 5.82 Å². The Kier molecular flexibility index (Phi) is 6.18. The second-order valence-corrected chi connectivity index (χ2v) is 8.67. The molecule has 0 atom stereocenters. The summed E-state index contributed by atoms with van der Waals surface area (Å²) in [4.78, 5) is 25.5. The van der Waals surface area contributed by atoms with Gasteiger partial charge < -0.3 is 19.1 Å². The van der Waals surface area contributed by atoms with Crippen LogP contribution in [0.4, 0.5) is 19.0 Å². The van der Waals surface area contributed by atoms with Crippen LogP contribution in [0.1, 0.15) is 24.3 Å². The van der Waals surface area contributed by atoms with Gasteiger partial charge in [0.15, 0.2) is 0 Å². The highest BCUT2D eigenvalue weighted by Crippen LogP contribution is 2.37. The zero-order valence-electron chi connectivity index (χ0n) is 18.9. The summed E-state index contributed by atoms with van der Waals surface area (Å²) in [6.45, 7) is 3.41.